The third kappa shape index (κ3) is 3.81. The van der Waals surface area contributed by atoms with Crippen LogP contribution in [0.15, 0.2) is 36.8 Å². The zero-order valence-corrected chi connectivity index (χ0v) is 20.6. The van der Waals surface area contributed by atoms with Crippen molar-refractivity contribution in [2.24, 2.45) is 18.4 Å². The van der Waals surface area contributed by atoms with Crippen LogP contribution in [0, 0.1) is 23.0 Å². The largest absolute Gasteiger partial charge is 0.490 e. The molecule has 1 aliphatic carbocycles. The van der Waals surface area contributed by atoms with Crippen molar-refractivity contribution in [3.8, 4) is 28.3 Å². The molecule has 1 aliphatic heterocycles. The van der Waals surface area contributed by atoms with Crippen LogP contribution in [0.5, 0.6) is 5.75 Å². The minimum Gasteiger partial charge on any atom is -0.490 e. The van der Waals surface area contributed by atoms with Crippen LogP contribution in [-0.2, 0) is 11.8 Å². The Balaban J connectivity index is 1.48. The number of aromatic nitrogens is 5. The van der Waals surface area contributed by atoms with Crippen LogP contribution in [-0.4, -0.2) is 62.3 Å². The number of carbonyl (C=O) groups excluding carboxylic acids is 1. The summed E-state index contributed by atoms with van der Waals surface area (Å²) in [5.41, 5.74) is 0.938. The van der Waals surface area contributed by atoms with E-state index >= 15 is 0 Å². The number of hydrogen-bond acceptors (Lipinski definition) is 7. The molecule has 0 unspecified atom stereocenters. The Morgan fingerprint density at radius 1 is 1.22 bits per heavy atom. The molecule has 0 spiro atoms. The van der Waals surface area contributed by atoms with Gasteiger partial charge in [0, 0.05) is 38.0 Å². The van der Waals surface area contributed by atoms with Crippen LogP contribution < -0.4 is 10.1 Å². The number of rotatable bonds is 6. The van der Waals surface area contributed by atoms with Gasteiger partial charge in [0.25, 0.3) is 0 Å². The Hall–Kier alpha value is -3.99. The monoisotopic (exact) mass is 505 g/mol. The first kappa shape index (κ1) is 23.4. The van der Waals surface area contributed by atoms with Crippen LogP contribution >= 0.6 is 0 Å². The van der Waals surface area contributed by atoms with Gasteiger partial charge in [-0.15, -0.1) is 0 Å². The van der Waals surface area contributed by atoms with Crippen molar-refractivity contribution in [2.45, 2.75) is 13.3 Å². The molecule has 6 rings (SSSR count). The van der Waals surface area contributed by atoms with Gasteiger partial charge in [-0.1, -0.05) is 6.07 Å². The van der Waals surface area contributed by atoms with Gasteiger partial charge in [-0.3, -0.25) is 9.48 Å². The van der Waals surface area contributed by atoms with E-state index in [1.807, 2.05) is 14.0 Å². The summed E-state index contributed by atoms with van der Waals surface area (Å²) in [6.07, 6.45) is 3.83. The van der Waals surface area contributed by atoms with E-state index in [1.54, 1.807) is 19.3 Å². The summed E-state index contributed by atoms with van der Waals surface area (Å²) >= 11 is 0. The van der Waals surface area contributed by atoms with Crippen molar-refractivity contribution in [2.75, 3.05) is 32.1 Å². The number of amides is 1. The second kappa shape index (κ2) is 8.55. The summed E-state index contributed by atoms with van der Waals surface area (Å²) in [6.45, 7) is 3.80. The molecule has 2 atom stereocenters. The van der Waals surface area contributed by atoms with Crippen LogP contribution in [0.2, 0.25) is 0 Å². The summed E-state index contributed by atoms with van der Waals surface area (Å²) in [6, 6.07) is 5.35. The number of fused-ring (bicyclic) bond motifs is 2. The van der Waals surface area contributed by atoms with E-state index in [9.17, 15) is 13.6 Å². The Kier molecular flexibility index (Phi) is 5.41. The van der Waals surface area contributed by atoms with Gasteiger partial charge >= 0.3 is 0 Å². The number of benzene rings is 1. The fraction of sp³-hybridized carbons (Fsp3) is 0.346. The molecule has 1 saturated carbocycles. The second-order valence-corrected chi connectivity index (χ2v) is 9.73. The quantitative estimate of drug-likeness (QED) is 0.427. The van der Waals surface area contributed by atoms with Gasteiger partial charge < -0.3 is 15.0 Å². The molecule has 1 amide bonds. The highest BCUT2D eigenvalue weighted by molar-refractivity contribution is 6.01. The second-order valence-electron chi connectivity index (χ2n) is 9.73. The maximum atomic E-state index is 14.7. The highest BCUT2D eigenvalue weighted by Crippen LogP contribution is 2.58. The molecule has 37 heavy (non-hydrogen) atoms. The van der Waals surface area contributed by atoms with Gasteiger partial charge in [0.1, 0.15) is 34.9 Å². The third-order valence-electron chi connectivity index (χ3n) is 7.16. The fourth-order valence-electron chi connectivity index (χ4n) is 5.41. The van der Waals surface area contributed by atoms with Gasteiger partial charge in [-0.2, -0.15) is 5.10 Å². The molecule has 1 N–H and O–H groups in total. The predicted octanol–water partition coefficient (Wildman–Crippen LogP) is 3.66. The zero-order valence-electron chi connectivity index (χ0n) is 20.6. The number of ether oxygens (including phenoxy) is 1. The first-order chi connectivity index (χ1) is 17.8. The molecule has 9 nitrogen and oxygen atoms in total. The predicted molar refractivity (Wildman–Crippen MR) is 133 cm³/mol. The number of hydrogen-bond donors (Lipinski definition) is 1. The number of pyridine rings is 1. The summed E-state index contributed by atoms with van der Waals surface area (Å²) < 4.78 is 36.7. The summed E-state index contributed by atoms with van der Waals surface area (Å²) in [5.74, 6) is -0.591. The van der Waals surface area contributed by atoms with Gasteiger partial charge in [0.15, 0.2) is 11.6 Å². The Morgan fingerprint density at radius 3 is 2.70 bits per heavy atom. The van der Waals surface area contributed by atoms with Crippen molar-refractivity contribution in [1.29, 1.82) is 0 Å². The van der Waals surface area contributed by atoms with Crippen molar-refractivity contribution in [3.63, 3.8) is 0 Å². The maximum Gasteiger partial charge on any atom is 0.233 e. The van der Waals surface area contributed by atoms with E-state index in [4.69, 9.17) is 9.72 Å². The highest BCUT2D eigenvalue weighted by Gasteiger charge is 2.64. The average molecular weight is 506 g/mol. The minimum absolute atomic E-state index is 0.0908. The first-order valence-electron chi connectivity index (χ1n) is 12.1. The minimum atomic E-state index is -0.738. The van der Waals surface area contributed by atoms with Crippen molar-refractivity contribution in [1.82, 2.24) is 29.6 Å². The average Bonchev–Trinajstić information content (AvgIpc) is 3.23. The number of aryl methyl sites for hydroxylation is 1. The molecule has 1 saturated heterocycles. The standard InChI is InChI=1S/C26H25F2N7O2/c1-4-37-19-8-18-23(31-24(19)32-25(36)26-9-14(26)10-34(2)12-26)22(30-13-29-18)15-11-35(3)33-21(15)20-16(27)6-5-7-17(20)28/h5-8,11,13-14H,4,9-10,12H2,1-3H3,(H,31,32,36)/t14-,26-/m0/s1. The maximum absolute atomic E-state index is 14.7. The van der Waals surface area contributed by atoms with E-state index < -0.39 is 17.0 Å². The van der Waals surface area contributed by atoms with E-state index in [0.29, 0.717) is 47.1 Å². The highest BCUT2D eigenvalue weighted by atomic mass is 19.1. The molecule has 190 valence electrons. The smallest absolute Gasteiger partial charge is 0.233 e. The lowest BCUT2D eigenvalue weighted by molar-refractivity contribution is -0.121. The van der Waals surface area contributed by atoms with Crippen LogP contribution in [0.4, 0.5) is 14.6 Å². The first-order valence-corrected chi connectivity index (χ1v) is 12.1. The molecule has 1 aromatic carbocycles. The van der Waals surface area contributed by atoms with E-state index in [1.165, 1.54) is 29.2 Å². The van der Waals surface area contributed by atoms with Gasteiger partial charge in [-0.05, 0) is 38.4 Å². The number of carbonyl (C=O) groups is 1. The van der Waals surface area contributed by atoms with Gasteiger partial charge in [0.05, 0.1) is 23.1 Å². The van der Waals surface area contributed by atoms with Gasteiger partial charge in [0.2, 0.25) is 5.91 Å². The topological polar surface area (TPSA) is 98.1 Å². The summed E-state index contributed by atoms with van der Waals surface area (Å²) in [7, 11) is 3.67. The van der Waals surface area contributed by atoms with E-state index in [-0.39, 0.29) is 23.0 Å². The number of piperidine rings is 1. The lowest BCUT2D eigenvalue weighted by Gasteiger charge is -2.17. The van der Waals surface area contributed by atoms with Crippen molar-refractivity contribution < 1.29 is 18.3 Å². The number of nitrogens with zero attached hydrogens (tertiary/aromatic N) is 6. The number of halogens is 2. The van der Waals surface area contributed by atoms with Gasteiger partial charge in [-0.25, -0.2) is 23.7 Å². The van der Waals surface area contributed by atoms with Crippen LogP contribution in [0.1, 0.15) is 13.3 Å². The van der Waals surface area contributed by atoms with Crippen molar-refractivity contribution in [3.05, 3.63) is 48.4 Å². The van der Waals surface area contributed by atoms with Crippen LogP contribution in [0.25, 0.3) is 33.5 Å². The van der Waals surface area contributed by atoms with Crippen molar-refractivity contribution >= 4 is 22.8 Å². The Morgan fingerprint density at radius 2 is 2.00 bits per heavy atom. The summed E-state index contributed by atoms with van der Waals surface area (Å²) in [5, 5.41) is 7.31. The molecule has 2 aliphatic rings. The molecule has 4 heterocycles. The molecule has 2 fully saturated rings. The van der Waals surface area contributed by atoms with E-state index in [0.717, 1.165) is 13.0 Å². The Labute approximate surface area is 211 Å². The lowest BCUT2D eigenvalue weighted by Crippen LogP contribution is -2.31. The fourth-order valence-corrected chi connectivity index (χ4v) is 5.41. The summed E-state index contributed by atoms with van der Waals surface area (Å²) in [4.78, 5) is 28.9. The molecule has 0 bridgehead atoms. The van der Waals surface area contributed by atoms with Crippen LogP contribution in [0.3, 0.4) is 0 Å². The molecular formula is C26H25F2N7O2. The Bertz CT molecular complexity index is 1540. The third-order valence-corrected chi connectivity index (χ3v) is 7.16. The number of likely N-dealkylation sites (tertiary alicyclic amines) is 1. The molecular weight excluding hydrogens is 480 g/mol. The normalized spacial score (nSPS) is 20.7. The molecule has 3 aromatic heterocycles. The molecule has 0 radical (unpaired) electrons. The lowest BCUT2D eigenvalue weighted by atomic mass is 10.0. The zero-order chi connectivity index (χ0) is 25.9. The van der Waals surface area contributed by atoms with E-state index in [2.05, 4.69) is 25.3 Å². The molecule has 11 heteroatoms. The molecule has 4 aromatic rings. The SMILES string of the molecule is CCOc1cc2ncnc(-c3cn(C)nc3-c3c(F)cccc3F)c2nc1NC(=O)[C@]12C[C@H]1CN(C)C2. The number of anilines is 1. The number of nitrogens with one attached hydrogen (secondary N) is 1.